The van der Waals surface area contributed by atoms with Crippen molar-refractivity contribution >= 4 is 28.9 Å². The van der Waals surface area contributed by atoms with E-state index in [0.29, 0.717) is 29.3 Å². The molecule has 0 fully saturated rings. The van der Waals surface area contributed by atoms with Crippen LogP contribution >= 0.6 is 0 Å². The second-order valence-corrected chi connectivity index (χ2v) is 20.5. The molecule has 0 bridgehead atoms. The van der Waals surface area contributed by atoms with Crippen molar-refractivity contribution in [2.45, 2.75) is 185 Å². The second kappa shape index (κ2) is 29.8. The molecule has 0 amide bonds. The van der Waals surface area contributed by atoms with E-state index >= 15 is 0 Å². The van der Waals surface area contributed by atoms with Crippen molar-refractivity contribution in [2.24, 2.45) is 38.4 Å². The molecule has 0 saturated heterocycles. The van der Waals surface area contributed by atoms with Gasteiger partial charge in [-0.15, -0.1) is 18.9 Å². The first kappa shape index (κ1) is 64.5. The van der Waals surface area contributed by atoms with Crippen LogP contribution < -0.4 is 0 Å². The zero-order valence-corrected chi connectivity index (χ0v) is 41.2. The van der Waals surface area contributed by atoms with Crippen LogP contribution in [0.2, 0.25) is 0 Å². The summed E-state index contributed by atoms with van der Waals surface area (Å²) in [6.45, 7) is 53.8. The van der Waals surface area contributed by atoms with Gasteiger partial charge in [-0.3, -0.25) is 24.0 Å². The van der Waals surface area contributed by atoms with Gasteiger partial charge < -0.3 is 0 Å². The predicted octanol–water partition coefficient (Wildman–Crippen LogP) is 14.4. The van der Waals surface area contributed by atoms with E-state index < -0.39 is 0 Å². The molecule has 0 heterocycles. The Hall–Kier alpha value is -3.39. The highest BCUT2D eigenvalue weighted by atomic mass is 16.1. The molecule has 0 aromatic heterocycles. The quantitative estimate of drug-likeness (QED) is 0.157. The Morgan fingerprint density at radius 3 is 1.09 bits per heavy atom. The molecule has 0 unspecified atom stereocenters. The van der Waals surface area contributed by atoms with E-state index in [-0.39, 0.29) is 44.4 Å². The summed E-state index contributed by atoms with van der Waals surface area (Å²) >= 11 is 0. The van der Waals surface area contributed by atoms with Crippen molar-refractivity contribution in [1.82, 2.24) is 0 Å². The van der Waals surface area contributed by atoms with Crippen molar-refractivity contribution in [3.05, 3.63) is 60.8 Å². The highest BCUT2D eigenvalue weighted by Gasteiger charge is 2.26. The Morgan fingerprint density at radius 1 is 0.696 bits per heavy atom. The van der Waals surface area contributed by atoms with Crippen LogP contribution in [0.4, 0.5) is 0 Å². The second-order valence-electron chi connectivity index (χ2n) is 20.5. The largest absolute Gasteiger partial charge is 0.299 e. The SMILES string of the molecule is C#CC(C)C.C/C=C/C(=O)C(C)(C)C.C=CC(=O)C(C)(C)C.C=CC(C)(C)C.CC(C)(C)C(=O)C1=CCC1.CC(C)=CC(=O)C(C)(C)C.CCC(=O)C(C)(C)C. The van der Waals surface area contributed by atoms with Gasteiger partial charge in [0.1, 0.15) is 5.78 Å². The maximum atomic E-state index is 11.4. The first-order valence-corrected chi connectivity index (χ1v) is 20.0. The Bertz CT molecular complexity index is 1320. The first-order valence-electron chi connectivity index (χ1n) is 20.0. The van der Waals surface area contributed by atoms with Gasteiger partial charge in [-0.1, -0.05) is 176 Å². The van der Waals surface area contributed by atoms with E-state index in [1.807, 2.05) is 158 Å². The summed E-state index contributed by atoms with van der Waals surface area (Å²) in [6, 6.07) is 0. The van der Waals surface area contributed by atoms with Crippen LogP contribution in [0.25, 0.3) is 0 Å². The van der Waals surface area contributed by atoms with E-state index in [1.54, 1.807) is 18.2 Å². The lowest BCUT2D eigenvalue weighted by atomic mass is 9.81. The number of hydrogen-bond donors (Lipinski definition) is 0. The Balaban J connectivity index is -0.000000132. The lowest BCUT2D eigenvalue weighted by molar-refractivity contribution is -0.126. The van der Waals surface area contributed by atoms with E-state index in [4.69, 9.17) is 6.42 Å². The van der Waals surface area contributed by atoms with Gasteiger partial charge in [-0.05, 0) is 62.8 Å². The Morgan fingerprint density at radius 2 is 1.04 bits per heavy atom. The normalized spacial score (nSPS) is 12.2. The predicted molar refractivity (Wildman–Crippen MR) is 248 cm³/mol. The highest BCUT2D eigenvalue weighted by Crippen LogP contribution is 2.28. The van der Waals surface area contributed by atoms with Crippen molar-refractivity contribution in [3.63, 3.8) is 0 Å². The molecule has 0 aromatic carbocycles. The number of hydrogen-bond acceptors (Lipinski definition) is 5. The van der Waals surface area contributed by atoms with Gasteiger partial charge >= 0.3 is 0 Å². The summed E-state index contributed by atoms with van der Waals surface area (Å²) in [7, 11) is 0. The third kappa shape index (κ3) is 45.0. The Labute approximate surface area is 348 Å². The maximum Gasteiger partial charge on any atom is 0.163 e. The number of Topliss-reactive ketones (excluding diaryl/α,β-unsaturated/α-hetero) is 2. The topological polar surface area (TPSA) is 85.3 Å². The van der Waals surface area contributed by atoms with Crippen molar-refractivity contribution < 1.29 is 24.0 Å². The van der Waals surface area contributed by atoms with E-state index in [2.05, 4.69) is 39.8 Å². The number of carbonyl (C=O) groups excluding carboxylic acids is 5. The molecule has 0 atom stereocenters. The number of allylic oxidation sites excluding steroid dienone is 8. The van der Waals surface area contributed by atoms with Gasteiger partial charge in [-0.25, -0.2) is 0 Å². The van der Waals surface area contributed by atoms with E-state index in [0.717, 1.165) is 24.0 Å². The molecule has 1 aliphatic carbocycles. The zero-order chi connectivity index (χ0) is 46.7. The van der Waals surface area contributed by atoms with Crippen molar-refractivity contribution in [3.8, 4) is 12.3 Å². The van der Waals surface area contributed by atoms with E-state index in [9.17, 15) is 24.0 Å². The van der Waals surface area contributed by atoms with E-state index in [1.165, 1.54) is 6.08 Å². The molecule has 324 valence electrons. The maximum absolute atomic E-state index is 11.4. The summed E-state index contributed by atoms with van der Waals surface area (Å²) in [4.78, 5) is 55.1. The minimum Gasteiger partial charge on any atom is -0.299 e. The summed E-state index contributed by atoms with van der Waals surface area (Å²) in [5.41, 5.74) is 1.42. The zero-order valence-electron chi connectivity index (χ0n) is 41.2. The molecule has 0 spiro atoms. The number of ketones is 5. The standard InChI is InChI=1S/C9H14O.C9H16O.C8H14O.C7H14O.C7H12O.C6H12.C5H8/c1-9(2,3)8(10)7-5-4-6-7;1-7(2)6-8(10)9(3,4)5;1-5-6-7(9)8(2,3)4;2*1-5-6(8)7(2,3)4;1-5-6(2,3)4;1-4-5(2)3/h5H,4,6H2,1-3H3;6H,1-5H3;5-6H,1-4H3;5H2,1-4H3;5H,1H2,2-4H3;5H,1H2,2-4H3;1,5H,2-3H3/b;;6-5+;;;;. The summed E-state index contributed by atoms with van der Waals surface area (Å²) < 4.78 is 0. The summed E-state index contributed by atoms with van der Waals surface area (Å²) in [5, 5.41) is 0. The van der Waals surface area contributed by atoms with Gasteiger partial charge in [0.25, 0.3) is 0 Å². The number of terminal acetylenes is 1. The highest BCUT2D eigenvalue weighted by molar-refractivity contribution is 6.00. The lowest BCUT2D eigenvalue weighted by Gasteiger charge is -2.22. The first-order chi connectivity index (χ1) is 24.6. The smallest absolute Gasteiger partial charge is 0.163 e. The molecule has 5 nitrogen and oxygen atoms in total. The lowest BCUT2D eigenvalue weighted by Crippen LogP contribution is -2.24. The van der Waals surface area contributed by atoms with Gasteiger partial charge in [0.2, 0.25) is 0 Å². The minimum atomic E-state index is -0.248. The third-order valence-electron chi connectivity index (χ3n) is 7.02. The molecule has 5 heteroatoms. The summed E-state index contributed by atoms with van der Waals surface area (Å²) in [6.07, 6.45) is 18.1. The van der Waals surface area contributed by atoms with Gasteiger partial charge in [-0.2, -0.15) is 0 Å². The molecule has 0 N–H and O–H groups in total. The molecule has 0 saturated carbocycles. The van der Waals surface area contributed by atoms with Crippen molar-refractivity contribution in [2.75, 3.05) is 0 Å². The average molecular weight is 783 g/mol. The minimum absolute atomic E-state index is 0.0949. The van der Waals surface area contributed by atoms with Crippen LogP contribution in [0.5, 0.6) is 0 Å². The van der Waals surface area contributed by atoms with Gasteiger partial charge in [0, 0.05) is 39.4 Å². The van der Waals surface area contributed by atoms with Crippen LogP contribution in [-0.4, -0.2) is 28.9 Å². The van der Waals surface area contributed by atoms with Crippen LogP contribution in [0.1, 0.15) is 185 Å². The molecular weight excluding hydrogens is 693 g/mol. The molecule has 56 heavy (non-hydrogen) atoms. The van der Waals surface area contributed by atoms with Crippen LogP contribution in [-0.2, 0) is 24.0 Å². The molecule has 0 aliphatic heterocycles. The fourth-order valence-corrected chi connectivity index (χ4v) is 2.69. The summed E-state index contributed by atoms with van der Waals surface area (Å²) in [5.74, 6) is 4.07. The molecule has 1 aliphatic rings. The van der Waals surface area contributed by atoms with Crippen LogP contribution in [0, 0.1) is 50.8 Å². The van der Waals surface area contributed by atoms with Gasteiger partial charge in [0.15, 0.2) is 23.1 Å². The van der Waals surface area contributed by atoms with Crippen LogP contribution in [0.3, 0.4) is 0 Å². The molecule has 0 aromatic rings. The average Bonchev–Trinajstić information content (AvgIpc) is 2.98. The van der Waals surface area contributed by atoms with Crippen molar-refractivity contribution in [1.29, 1.82) is 0 Å². The number of rotatable bonds is 5. The molecular formula is C51H90O5. The molecule has 0 radical (unpaired) electrons. The fraction of sp³-hybridized carbons (Fsp3) is 0.667. The Kier molecular flexibility index (Phi) is 34.3. The number of carbonyl (C=O) groups is 5. The van der Waals surface area contributed by atoms with Gasteiger partial charge in [0.05, 0.1) is 0 Å². The third-order valence-corrected chi connectivity index (χ3v) is 7.02. The molecule has 1 rings (SSSR count). The fourth-order valence-electron chi connectivity index (χ4n) is 2.69. The van der Waals surface area contributed by atoms with Crippen LogP contribution in [0.15, 0.2) is 60.8 Å². The monoisotopic (exact) mass is 783 g/mol.